The van der Waals surface area contributed by atoms with Crippen molar-refractivity contribution < 1.29 is 23.8 Å². The molecule has 8 heteroatoms. The van der Waals surface area contributed by atoms with Crippen LogP contribution in [0.1, 0.15) is 6.92 Å². The molecule has 0 bridgehead atoms. The average Bonchev–Trinajstić information content (AvgIpc) is 3.11. The zero-order valence-electron chi connectivity index (χ0n) is 13.4. The molecule has 0 aliphatic carbocycles. The van der Waals surface area contributed by atoms with Crippen LogP contribution in [0.3, 0.4) is 0 Å². The molecule has 1 aromatic heterocycles. The molecule has 1 N–H and O–H groups in total. The number of ether oxygens (including phenoxy) is 3. The van der Waals surface area contributed by atoms with Crippen molar-refractivity contribution in [2.45, 2.75) is 13.0 Å². The van der Waals surface area contributed by atoms with Gasteiger partial charge in [0.25, 0.3) is 5.91 Å². The summed E-state index contributed by atoms with van der Waals surface area (Å²) in [6.07, 6.45) is 0.187. The molecule has 1 amide bonds. The summed E-state index contributed by atoms with van der Waals surface area (Å²) in [6, 6.07) is 9.63. The van der Waals surface area contributed by atoms with Gasteiger partial charge < -0.3 is 14.2 Å². The first-order chi connectivity index (χ1) is 12.1. The molecular formula is C17H16N2O5S. The lowest BCUT2D eigenvalue weighted by atomic mass is 10.2. The minimum atomic E-state index is -0.997. The third-order valence-corrected chi connectivity index (χ3v) is 4.06. The van der Waals surface area contributed by atoms with Crippen molar-refractivity contribution in [3.63, 3.8) is 0 Å². The molecule has 0 radical (unpaired) electrons. The van der Waals surface area contributed by atoms with E-state index < -0.39 is 18.0 Å². The van der Waals surface area contributed by atoms with E-state index in [1.54, 1.807) is 0 Å². The second-order valence-electron chi connectivity index (χ2n) is 5.14. The number of thiazole rings is 1. The maximum absolute atomic E-state index is 12.2. The minimum Gasteiger partial charge on any atom is -0.493 e. The number of aromatic nitrogens is 1. The Morgan fingerprint density at radius 2 is 2.08 bits per heavy atom. The van der Waals surface area contributed by atoms with Crippen molar-refractivity contribution >= 4 is 28.3 Å². The highest BCUT2D eigenvalue weighted by atomic mass is 32.1. The van der Waals surface area contributed by atoms with Crippen molar-refractivity contribution in [2.75, 3.05) is 18.5 Å². The van der Waals surface area contributed by atoms with E-state index in [-0.39, 0.29) is 12.4 Å². The number of benzene rings is 1. The SMILES string of the molecule is C[C@@H](OC(=O)C1=COCCO1)C(=O)Nc1nc(-c2ccccc2)cs1. The van der Waals surface area contributed by atoms with Crippen LogP contribution in [0.5, 0.6) is 0 Å². The Kier molecular flexibility index (Phi) is 5.30. The van der Waals surface area contributed by atoms with Crippen LogP contribution in [0.4, 0.5) is 5.13 Å². The molecule has 1 aromatic carbocycles. The summed E-state index contributed by atoms with van der Waals surface area (Å²) in [5.41, 5.74) is 1.73. The fraction of sp³-hybridized carbons (Fsp3) is 0.235. The van der Waals surface area contributed by atoms with Gasteiger partial charge in [0.2, 0.25) is 5.76 Å². The van der Waals surface area contributed by atoms with E-state index in [0.717, 1.165) is 11.3 Å². The maximum Gasteiger partial charge on any atom is 0.377 e. The molecule has 2 aromatic rings. The number of nitrogens with zero attached hydrogens (tertiary/aromatic N) is 1. The van der Waals surface area contributed by atoms with Crippen LogP contribution in [0, 0.1) is 0 Å². The first kappa shape index (κ1) is 17.0. The highest BCUT2D eigenvalue weighted by Crippen LogP contribution is 2.24. The van der Waals surface area contributed by atoms with Crippen LogP contribution < -0.4 is 5.32 Å². The lowest BCUT2D eigenvalue weighted by Crippen LogP contribution is -2.31. The molecule has 3 rings (SSSR count). The average molecular weight is 360 g/mol. The normalized spacial score (nSPS) is 14.5. The van der Waals surface area contributed by atoms with Gasteiger partial charge in [0, 0.05) is 10.9 Å². The summed E-state index contributed by atoms with van der Waals surface area (Å²) in [5, 5.41) is 4.92. The molecule has 0 spiro atoms. The first-order valence-electron chi connectivity index (χ1n) is 7.61. The smallest absolute Gasteiger partial charge is 0.377 e. The number of esters is 1. The molecular weight excluding hydrogens is 344 g/mol. The van der Waals surface area contributed by atoms with Gasteiger partial charge in [-0.2, -0.15) is 0 Å². The van der Waals surface area contributed by atoms with Gasteiger partial charge in [-0.15, -0.1) is 11.3 Å². The highest BCUT2D eigenvalue weighted by molar-refractivity contribution is 7.14. The van der Waals surface area contributed by atoms with Crippen molar-refractivity contribution in [1.82, 2.24) is 4.98 Å². The van der Waals surface area contributed by atoms with Gasteiger partial charge in [0.1, 0.15) is 19.5 Å². The zero-order valence-corrected chi connectivity index (χ0v) is 14.2. The number of hydrogen-bond acceptors (Lipinski definition) is 7. The van der Waals surface area contributed by atoms with Gasteiger partial charge in [-0.25, -0.2) is 9.78 Å². The van der Waals surface area contributed by atoms with E-state index in [0.29, 0.717) is 11.7 Å². The molecule has 1 aliphatic rings. The van der Waals surface area contributed by atoms with E-state index in [9.17, 15) is 9.59 Å². The lowest BCUT2D eigenvalue weighted by molar-refractivity contribution is -0.153. The molecule has 0 fully saturated rings. The molecule has 1 atom stereocenters. The van der Waals surface area contributed by atoms with E-state index in [2.05, 4.69) is 10.3 Å². The number of carbonyl (C=O) groups excluding carboxylic acids is 2. The molecule has 25 heavy (non-hydrogen) atoms. The second kappa shape index (κ2) is 7.80. The van der Waals surface area contributed by atoms with Gasteiger partial charge in [0.15, 0.2) is 11.2 Å². The highest BCUT2D eigenvalue weighted by Gasteiger charge is 2.24. The number of rotatable bonds is 5. The molecule has 130 valence electrons. The number of hydrogen-bond donors (Lipinski definition) is 1. The fourth-order valence-corrected chi connectivity index (χ4v) is 2.75. The number of carbonyl (C=O) groups is 2. The molecule has 2 heterocycles. The van der Waals surface area contributed by atoms with E-state index in [4.69, 9.17) is 14.2 Å². The summed E-state index contributed by atoms with van der Waals surface area (Å²) >= 11 is 1.30. The summed E-state index contributed by atoms with van der Waals surface area (Å²) in [6.45, 7) is 2.12. The van der Waals surface area contributed by atoms with Crippen molar-refractivity contribution in [2.24, 2.45) is 0 Å². The molecule has 0 saturated heterocycles. The Morgan fingerprint density at radius 3 is 2.80 bits per heavy atom. The largest absolute Gasteiger partial charge is 0.493 e. The summed E-state index contributed by atoms with van der Waals surface area (Å²) in [4.78, 5) is 28.4. The second-order valence-corrected chi connectivity index (χ2v) is 6.00. The van der Waals surface area contributed by atoms with Crippen LogP contribution >= 0.6 is 11.3 Å². The standard InChI is InChI=1S/C17H16N2O5S/c1-11(24-16(21)14-9-22-7-8-23-14)15(20)19-17-18-13(10-25-17)12-5-3-2-4-6-12/h2-6,9-11H,7-8H2,1H3,(H,18,19,20)/t11-/m1/s1. The van der Waals surface area contributed by atoms with E-state index >= 15 is 0 Å². The zero-order chi connectivity index (χ0) is 17.6. The predicted molar refractivity (Wildman–Crippen MR) is 91.7 cm³/mol. The summed E-state index contributed by atoms with van der Waals surface area (Å²) < 4.78 is 15.2. The van der Waals surface area contributed by atoms with E-state index in [1.165, 1.54) is 24.5 Å². The Balaban J connectivity index is 1.57. The van der Waals surface area contributed by atoms with Crippen LogP contribution in [0.2, 0.25) is 0 Å². The first-order valence-corrected chi connectivity index (χ1v) is 8.49. The van der Waals surface area contributed by atoms with Gasteiger partial charge in [0.05, 0.1) is 5.69 Å². The third-order valence-electron chi connectivity index (χ3n) is 3.31. The maximum atomic E-state index is 12.2. The van der Waals surface area contributed by atoms with Crippen LogP contribution in [-0.2, 0) is 23.8 Å². The number of nitrogens with one attached hydrogen (secondary N) is 1. The van der Waals surface area contributed by atoms with Gasteiger partial charge in [-0.05, 0) is 6.92 Å². The van der Waals surface area contributed by atoms with Crippen LogP contribution in [0.25, 0.3) is 11.3 Å². The molecule has 1 aliphatic heterocycles. The minimum absolute atomic E-state index is 0.0495. The van der Waals surface area contributed by atoms with Crippen molar-refractivity contribution in [3.05, 3.63) is 47.7 Å². The Labute approximate surface area is 148 Å². The third kappa shape index (κ3) is 4.36. The van der Waals surface area contributed by atoms with Crippen LogP contribution in [0.15, 0.2) is 47.7 Å². The molecule has 7 nitrogen and oxygen atoms in total. The fourth-order valence-electron chi connectivity index (χ4n) is 2.03. The summed E-state index contributed by atoms with van der Waals surface area (Å²) in [5.74, 6) is -1.27. The monoisotopic (exact) mass is 360 g/mol. The van der Waals surface area contributed by atoms with Crippen LogP contribution in [-0.4, -0.2) is 36.2 Å². The molecule has 0 saturated carbocycles. The number of anilines is 1. The molecule has 0 unspecified atom stereocenters. The quantitative estimate of drug-likeness (QED) is 0.825. The Bertz CT molecular complexity index is 787. The van der Waals surface area contributed by atoms with E-state index in [1.807, 2.05) is 35.7 Å². The number of amides is 1. The topological polar surface area (TPSA) is 86.8 Å². The summed E-state index contributed by atoms with van der Waals surface area (Å²) in [7, 11) is 0. The van der Waals surface area contributed by atoms with Gasteiger partial charge in [-0.3, -0.25) is 10.1 Å². The van der Waals surface area contributed by atoms with Gasteiger partial charge in [-0.1, -0.05) is 30.3 Å². The predicted octanol–water partition coefficient (Wildman–Crippen LogP) is 2.57. The van der Waals surface area contributed by atoms with Crippen molar-refractivity contribution in [1.29, 1.82) is 0 Å². The van der Waals surface area contributed by atoms with Crippen molar-refractivity contribution in [3.8, 4) is 11.3 Å². The lowest BCUT2D eigenvalue weighted by Gasteiger charge is -2.17. The van der Waals surface area contributed by atoms with Gasteiger partial charge >= 0.3 is 5.97 Å². The Morgan fingerprint density at radius 1 is 1.28 bits per heavy atom. The Hall–Kier alpha value is -2.87.